The van der Waals surface area contributed by atoms with E-state index in [0.29, 0.717) is 5.56 Å². The predicted molar refractivity (Wildman–Crippen MR) is 74.8 cm³/mol. The lowest BCUT2D eigenvalue weighted by atomic mass is 9.93. The monoisotopic (exact) mass is 264 g/mol. The Balaban J connectivity index is 2.94. The van der Waals surface area contributed by atoms with E-state index in [-0.39, 0.29) is 22.8 Å². The summed E-state index contributed by atoms with van der Waals surface area (Å²) in [6, 6.07) is 11.5. The molecule has 0 radical (unpaired) electrons. The second-order valence-electron chi connectivity index (χ2n) is 4.17. The van der Waals surface area contributed by atoms with E-state index in [1.54, 1.807) is 0 Å². The van der Waals surface area contributed by atoms with Crippen molar-refractivity contribution in [2.75, 3.05) is 12.8 Å². The smallest absolute Gasteiger partial charge is 0.234 e. The first-order valence-corrected chi connectivity index (χ1v) is 5.87. The van der Waals surface area contributed by atoms with Gasteiger partial charge in [-0.1, -0.05) is 24.3 Å². The van der Waals surface area contributed by atoms with Crippen LogP contribution in [0.15, 0.2) is 24.3 Å². The van der Waals surface area contributed by atoms with Crippen LogP contribution in [0.3, 0.4) is 0 Å². The molecule has 98 valence electrons. The number of hydrogen-bond donors (Lipinski definition) is 1. The lowest BCUT2D eigenvalue weighted by molar-refractivity contribution is 0.397. The zero-order valence-electron chi connectivity index (χ0n) is 11.1. The second-order valence-corrected chi connectivity index (χ2v) is 4.17. The number of hydrogen-bond acceptors (Lipinski definition) is 5. The summed E-state index contributed by atoms with van der Waals surface area (Å²) >= 11 is 0. The van der Waals surface area contributed by atoms with Gasteiger partial charge in [0, 0.05) is 5.56 Å². The molecule has 0 unspecified atom stereocenters. The molecule has 0 saturated carbocycles. The van der Waals surface area contributed by atoms with Gasteiger partial charge in [0.15, 0.2) is 0 Å². The zero-order chi connectivity index (χ0) is 14.7. The molecule has 0 aliphatic rings. The van der Waals surface area contributed by atoms with E-state index < -0.39 is 0 Å². The number of aromatic nitrogens is 1. The Morgan fingerprint density at radius 1 is 1.15 bits per heavy atom. The van der Waals surface area contributed by atoms with Gasteiger partial charge >= 0.3 is 0 Å². The van der Waals surface area contributed by atoms with Crippen LogP contribution in [0, 0.1) is 29.6 Å². The average Bonchev–Trinajstić information content (AvgIpc) is 2.46. The van der Waals surface area contributed by atoms with Gasteiger partial charge in [-0.05, 0) is 18.1 Å². The van der Waals surface area contributed by atoms with Crippen molar-refractivity contribution in [1.82, 2.24) is 4.98 Å². The Hall–Kier alpha value is -3.05. The first kappa shape index (κ1) is 13.4. The van der Waals surface area contributed by atoms with Crippen LogP contribution in [0.4, 0.5) is 5.82 Å². The van der Waals surface area contributed by atoms with E-state index in [1.807, 2.05) is 43.3 Å². The van der Waals surface area contributed by atoms with Crippen molar-refractivity contribution in [3.8, 4) is 29.1 Å². The molecule has 5 heteroatoms. The standard InChI is InChI=1S/C15H12N4O/c1-9-5-3-4-6-10(9)13-11(7-16)14(18)19-15(20-2)12(13)8-17/h3-6H,1-2H3,(H2,18,19). The maximum atomic E-state index is 9.37. The Morgan fingerprint density at radius 2 is 1.80 bits per heavy atom. The van der Waals surface area contributed by atoms with E-state index in [1.165, 1.54) is 7.11 Å². The number of pyridine rings is 1. The van der Waals surface area contributed by atoms with Crippen LogP contribution in [0.25, 0.3) is 11.1 Å². The summed E-state index contributed by atoms with van der Waals surface area (Å²) in [4.78, 5) is 3.96. The van der Waals surface area contributed by atoms with E-state index in [2.05, 4.69) is 4.98 Å². The fourth-order valence-electron chi connectivity index (χ4n) is 2.07. The molecule has 0 aliphatic heterocycles. The molecule has 0 spiro atoms. The fourth-order valence-corrected chi connectivity index (χ4v) is 2.07. The maximum Gasteiger partial charge on any atom is 0.234 e. The highest BCUT2D eigenvalue weighted by atomic mass is 16.5. The summed E-state index contributed by atoms with van der Waals surface area (Å²) < 4.78 is 5.10. The van der Waals surface area contributed by atoms with Gasteiger partial charge in [-0.25, -0.2) is 0 Å². The number of nitrogens with zero attached hydrogens (tertiary/aromatic N) is 3. The predicted octanol–water partition coefficient (Wildman–Crippen LogP) is 2.39. The highest BCUT2D eigenvalue weighted by molar-refractivity contribution is 5.83. The van der Waals surface area contributed by atoms with Crippen molar-refractivity contribution in [1.29, 1.82) is 10.5 Å². The molecule has 0 fully saturated rings. The molecule has 0 aliphatic carbocycles. The Kier molecular flexibility index (Phi) is 3.54. The molecule has 2 N–H and O–H groups in total. The number of ether oxygens (including phenoxy) is 1. The highest BCUT2D eigenvalue weighted by Gasteiger charge is 2.21. The number of aryl methyl sites for hydroxylation is 1. The van der Waals surface area contributed by atoms with Gasteiger partial charge in [-0.2, -0.15) is 15.5 Å². The highest BCUT2D eigenvalue weighted by Crippen LogP contribution is 2.36. The van der Waals surface area contributed by atoms with Gasteiger partial charge in [0.05, 0.1) is 7.11 Å². The van der Waals surface area contributed by atoms with Crippen LogP contribution in [0.5, 0.6) is 5.88 Å². The number of nitriles is 2. The van der Waals surface area contributed by atoms with Gasteiger partial charge in [0.25, 0.3) is 0 Å². The minimum atomic E-state index is 0.0570. The molecule has 1 aromatic carbocycles. The van der Waals surface area contributed by atoms with Crippen LogP contribution < -0.4 is 10.5 Å². The minimum Gasteiger partial charge on any atom is -0.480 e. The van der Waals surface area contributed by atoms with Crippen LogP contribution >= 0.6 is 0 Å². The number of benzene rings is 1. The van der Waals surface area contributed by atoms with Gasteiger partial charge < -0.3 is 10.5 Å². The second kappa shape index (κ2) is 5.29. The number of methoxy groups -OCH3 is 1. The first-order valence-electron chi connectivity index (χ1n) is 5.87. The number of nitrogens with two attached hydrogens (primary N) is 1. The van der Waals surface area contributed by atoms with E-state index >= 15 is 0 Å². The minimum absolute atomic E-state index is 0.0570. The average molecular weight is 264 g/mol. The molecule has 20 heavy (non-hydrogen) atoms. The molecule has 1 aromatic heterocycles. The third-order valence-electron chi connectivity index (χ3n) is 3.02. The summed E-state index contributed by atoms with van der Waals surface area (Å²) in [5.74, 6) is 0.184. The third kappa shape index (κ3) is 2.02. The number of rotatable bonds is 2. The summed E-state index contributed by atoms with van der Waals surface area (Å²) in [5.41, 5.74) is 8.38. The molecule has 1 heterocycles. The molecular weight excluding hydrogens is 252 g/mol. The topological polar surface area (TPSA) is 95.7 Å². The van der Waals surface area contributed by atoms with Crippen LogP contribution in [-0.2, 0) is 0 Å². The summed E-state index contributed by atoms with van der Waals surface area (Å²) in [6.07, 6.45) is 0. The summed E-state index contributed by atoms with van der Waals surface area (Å²) in [6.45, 7) is 1.90. The lowest BCUT2D eigenvalue weighted by Gasteiger charge is -2.13. The Morgan fingerprint density at radius 3 is 2.35 bits per heavy atom. The maximum absolute atomic E-state index is 9.37. The number of anilines is 1. The van der Waals surface area contributed by atoms with Crippen LogP contribution in [0.1, 0.15) is 16.7 Å². The van der Waals surface area contributed by atoms with Crippen molar-refractivity contribution in [2.45, 2.75) is 6.92 Å². The van der Waals surface area contributed by atoms with Crippen molar-refractivity contribution in [3.05, 3.63) is 41.0 Å². The molecule has 0 saturated heterocycles. The largest absolute Gasteiger partial charge is 0.480 e. The fraction of sp³-hybridized carbons (Fsp3) is 0.133. The third-order valence-corrected chi connectivity index (χ3v) is 3.02. The normalized spacial score (nSPS) is 9.60. The van der Waals surface area contributed by atoms with E-state index in [9.17, 15) is 10.5 Å². The molecular formula is C15H12N4O. The van der Waals surface area contributed by atoms with Gasteiger partial charge in [-0.15, -0.1) is 0 Å². The van der Waals surface area contributed by atoms with Crippen LogP contribution in [0.2, 0.25) is 0 Å². The molecule has 5 nitrogen and oxygen atoms in total. The van der Waals surface area contributed by atoms with Crippen molar-refractivity contribution in [2.24, 2.45) is 0 Å². The summed E-state index contributed by atoms with van der Waals surface area (Å²) in [5, 5.41) is 18.7. The molecule has 0 bridgehead atoms. The quantitative estimate of drug-likeness (QED) is 0.898. The molecule has 0 amide bonds. The van der Waals surface area contributed by atoms with Gasteiger partial charge in [-0.3, -0.25) is 0 Å². The van der Waals surface area contributed by atoms with E-state index in [4.69, 9.17) is 10.5 Å². The SMILES string of the molecule is COc1nc(N)c(C#N)c(-c2ccccc2C)c1C#N. The Bertz CT molecular complexity index is 754. The zero-order valence-corrected chi connectivity index (χ0v) is 11.1. The Labute approximate surface area is 116 Å². The van der Waals surface area contributed by atoms with Gasteiger partial charge in [0.2, 0.25) is 5.88 Å². The molecule has 2 aromatic rings. The van der Waals surface area contributed by atoms with Gasteiger partial charge in [0.1, 0.15) is 29.1 Å². The summed E-state index contributed by atoms with van der Waals surface area (Å²) in [7, 11) is 1.41. The first-order chi connectivity index (χ1) is 9.63. The van der Waals surface area contributed by atoms with Crippen LogP contribution in [-0.4, -0.2) is 12.1 Å². The van der Waals surface area contributed by atoms with Crippen molar-refractivity contribution < 1.29 is 4.74 Å². The van der Waals surface area contributed by atoms with Crippen molar-refractivity contribution in [3.63, 3.8) is 0 Å². The molecule has 0 atom stereocenters. The lowest BCUT2D eigenvalue weighted by Crippen LogP contribution is -2.04. The van der Waals surface area contributed by atoms with Crippen molar-refractivity contribution >= 4 is 5.82 Å². The number of nitrogen functional groups attached to an aromatic ring is 1. The molecule has 2 rings (SSSR count). The van der Waals surface area contributed by atoms with E-state index in [0.717, 1.165) is 11.1 Å².